The van der Waals surface area contributed by atoms with Gasteiger partial charge in [0.2, 0.25) is 10.0 Å². The van der Waals surface area contributed by atoms with Crippen molar-refractivity contribution in [3.63, 3.8) is 0 Å². The number of likely N-dealkylation sites (N-methyl/N-ethyl adjacent to an activating group) is 1. The Labute approximate surface area is 154 Å². The van der Waals surface area contributed by atoms with Gasteiger partial charge in [0.1, 0.15) is 18.1 Å². The maximum Gasteiger partial charge on any atom is 0.229 e. The third-order valence-electron chi connectivity index (χ3n) is 4.54. The second-order valence-corrected chi connectivity index (χ2v) is 8.42. The summed E-state index contributed by atoms with van der Waals surface area (Å²) >= 11 is 0. The molecule has 0 bridgehead atoms. The lowest BCUT2D eigenvalue weighted by molar-refractivity contribution is 0.163. The second-order valence-electron chi connectivity index (χ2n) is 6.68. The number of para-hydroxylation sites is 1. The third kappa shape index (κ3) is 3.78. The minimum atomic E-state index is -3.38. The highest BCUT2D eigenvalue weighted by Gasteiger charge is 2.27. The van der Waals surface area contributed by atoms with Crippen molar-refractivity contribution in [2.24, 2.45) is 0 Å². The van der Waals surface area contributed by atoms with Gasteiger partial charge in [-0.05, 0) is 38.7 Å². The van der Waals surface area contributed by atoms with Gasteiger partial charge in [-0.1, -0.05) is 18.2 Å². The van der Waals surface area contributed by atoms with Gasteiger partial charge < -0.3 is 14.4 Å². The van der Waals surface area contributed by atoms with Crippen molar-refractivity contribution in [3.8, 4) is 22.6 Å². The van der Waals surface area contributed by atoms with Gasteiger partial charge in [-0.3, -0.25) is 4.72 Å². The van der Waals surface area contributed by atoms with Crippen LogP contribution in [-0.2, 0) is 16.4 Å². The molecule has 6 nitrogen and oxygen atoms in total. The Morgan fingerprint density at radius 3 is 2.54 bits per heavy atom. The van der Waals surface area contributed by atoms with E-state index < -0.39 is 10.0 Å². The van der Waals surface area contributed by atoms with Gasteiger partial charge in [0.05, 0.1) is 19.1 Å². The molecule has 0 fully saturated rings. The van der Waals surface area contributed by atoms with E-state index in [-0.39, 0.29) is 6.04 Å². The highest BCUT2D eigenvalue weighted by atomic mass is 32.2. The zero-order valence-corrected chi connectivity index (χ0v) is 16.3. The summed E-state index contributed by atoms with van der Waals surface area (Å²) in [4.78, 5) is 2.13. The lowest BCUT2D eigenvalue weighted by Crippen LogP contribution is -2.38. The first kappa shape index (κ1) is 18.5. The largest absolute Gasteiger partial charge is 0.496 e. The molecule has 3 rings (SSSR count). The predicted molar refractivity (Wildman–Crippen MR) is 104 cm³/mol. The molecular formula is C19H24N2O4S. The summed E-state index contributed by atoms with van der Waals surface area (Å²) in [6.07, 6.45) is 1.95. The van der Waals surface area contributed by atoms with E-state index in [9.17, 15) is 8.42 Å². The van der Waals surface area contributed by atoms with Gasteiger partial charge in [-0.15, -0.1) is 0 Å². The molecule has 140 valence electrons. The van der Waals surface area contributed by atoms with E-state index in [4.69, 9.17) is 9.47 Å². The first-order valence-electron chi connectivity index (χ1n) is 8.36. The van der Waals surface area contributed by atoms with Crippen LogP contribution in [0.1, 0.15) is 5.56 Å². The van der Waals surface area contributed by atoms with Gasteiger partial charge in [0.25, 0.3) is 0 Å². The van der Waals surface area contributed by atoms with E-state index in [0.29, 0.717) is 12.3 Å². The summed E-state index contributed by atoms with van der Waals surface area (Å²) in [6, 6.07) is 11.4. The number of rotatable bonds is 5. The van der Waals surface area contributed by atoms with Gasteiger partial charge in [0, 0.05) is 22.7 Å². The normalized spacial score (nSPS) is 16.7. The third-order valence-corrected chi connectivity index (χ3v) is 5.13. The van der Waals surface area contributed by atoms with E-state index in [2.05, 4.69) is 9.62 Å². The second kappa shape index (κ2) is 7.17. The van der Waals surface area contributed by atoms with Crippen LogP contribution in [0.15, 0.2) is 36.4 Å². The minimum Gasteiger partial charge on any atom is -0.496 e. The van der Waals surface area contributed by atoms with E-state index in [1.165, 1.54) is 0 Å². The Kier molecular flexibility index (Phi) is 5.11. The molecule has 7 heteroatoms. The SMILES string of the molecule is COc1ccc(-c2ccccc2NS(C)(=O)=O)c2c1C[C@@H](N(C)C)CO2. The van der Waals surface area contributed by atoms with Crippen LogP contribution in [0.25, 0.3) is 11.1 Å². The van der Waals surface area contributed by atoms with Crippen LogP contribution in [0, 0.1) is 0 Å². The Morgan fingerprint density at radius 1 is 1.15 bits per heavy atom. The molecule has 0 aliphatic carbocycles. The molecule has 1 N–H and O–H groups in total. The molecule has 26 heavy (non-hydrogen) atoms. The molecule has 0 unspecified atom stereocenters. The van der Waals surface area contributed by atoms with Crippen molar-refractivity contribution in [1.82, 2.24) is 4.90 Å². The number of fused-ring (bicyclic) bond motifs is 1. The quantitative estimate of drug-likeness (QED) is 0.869. The number of anilines is 1. The number of benzene rings is 2. The summed E-state index contributed by atoms with van der Waals surface area (Å²) in [6.45, 7) is 0.571. The van der Waals surface area contributed by atoms with Crippen molar-refractivity contribution in [2.75, 3.05) is 38.8 Å². The van der Waals surface area contributed by atoms with Crippen molar-refractivity contribution >= 4 is 15.7 Å². The fourth-order valence-electron chi connectivity index (χ4n) is 3.18. The number of ether oxygens (including phenoxy) is 2. The monoisotopic (exact) mass is 376 g/mol. The van der Waals surface area contributed by atoms with Crippen LogP contribution in [-0.4, -0.2) is 53.4 Å². The van der Waals surface area contributed by atoms with Crippen molar-refractivity contribution < 1.29 is 17.9 Å². The standard InChI is InChI=1S/C19H24N2O4S/c1-21(2)13-11-16-18(24-3)10-9-15(19(16)25-12-13)14-7-5-6-8-17(14)20-26(4,22)23/h5-10,13,20H,11-12H2,1-4H3/t13-/m1/s1. The molecule has 2 aromatic carbocycles. The zero-order valence-electron chi connectivity index (χ0n) is 15.4. The van der Waals surface area contributed by atoms with Crippen LogP contribution >= 0.6 is 0 Å². The number of methoxy groups -OCH3 is 1. The van der Waals surface area contributed by atoms with E-state index in [1.807, 2.05) is 38.4 Å². The molecular weight excluding hydrogens is 352 g/mol. The topological polar surface area (TPSA) is 67.9 Å². The fraction of sp³-hybridized carbons (Fsp3) is 0.368. The van der Waals surface area contributed by atoms with Crippen molar-refractivity contribution in [3.05, 3.63) is 42.0 Å². The van der Waals surface area contributed by atoms with E-state index in [0.717, 1.165) is 40.9 Å². The Balaban J connectivity index is 2.13. The summed E-state index contributed by atoms with van der Waals surface area (Å²) in [5.74, 6) is 1.54. The zero-order chi connectivity index (χ0) is 18.9. The summed E-state index contributed by atoms with van der Waals surface area (Å²) in [7, 11) is 2.32. The average molecular weight is 376 g/mol. The highest BCUT2D eigenvalue weighted by molar-refractivity contribution is 7.92. The lowest BCUT2D eigenvalue weighted by Gasteiger charge is -2.32. The number of nitrogens with zero attached hydrogens (tertiary/aromatic N) is 1. The Hall–Kier alpha value is -2.25. The first-order valence-corrected chi connectivity index (χ1v) is 10.3. The van der Waals surface area contributed by atoms with Gasteiger partial charge in [-0.2, -0.15) is 0 Å². The smallest absolute Gasteiger partial charge is 0.229 e. The Morgan fingerprint density at radius 2 is 1.88 bits per heavy atom. The van der Waals surface area contributed by atoms with E-state index >= 15 is 0 Å². The highest BCUT2D eigenvalue weighted by Crippen LogP contribution is 2.43. The van der Waals surface area contributed by atoms with Gasteiger partial charge in [0.15, 0.2) is 0 Å². The van der Waals surface area contributed by atoms with Crippen LogP contribution in [0.4, 0.5) is 5.69 Å². The lowest BCUT2D eigenvalue weighted by atomic mass is 9.94. The molecule has 0 radical (unpaired) electrons. The maximum atomic E-state index is 11.7. The summed E-state index contributed by atoms with van der Waals surface area (Å²) < 4.78 is 37.7. The van der Waals surface area contributed by atoms with Gasteiger partial charge in [-0.25, -0.2) is 8.42 Å². The number of sulfonamides is 1. The summed E-state index contributed by atoms with van der Waals surface area (Å²) in [5, 5.41) is 0. The first-order chi connectivity index (χ1) is 12.3. The van der Waals surface area contributed by atoms with Crippen LogP contribution in [0.3, 0.4) is 0 Å². The Bertz CT molecular complexity index is 910. The van der Waals surface area contributed by atoms with Crippen molar-refractivity contribution in [2.45, 2.75) is 12.5 Å². The molecule has 1 heterocycles. The molecule has 1 aliphatic heterocycles. The summed E-state index contributed by atoms with van der Waals surface area (Å²) in [5.41, 5.74) is 3.16. The van der Waals surface area contributed by atoms with E-state index in [1.54, 1.807) is 19.2 Å². The number of hydrogen-bond donors (Lipinski definition) is 1. The predicted octanol–water partition coefficient (Wildman–Crippen LogP) is 2.60. The van der Waals surface area contributed by atoms with Crippen LogP contribution in [0.2, 0.25) is 0 Å². The maximum absolute atomic E-state index is 11.7. The molecule has 1 atom stereocenters. The number of nitrogens with one attached hydrogen (secondary N) is 1. The molecule has 0 aromatic heterocycles. The molecule has 0 saturated carbocycles. The number of hydrogen-bond acceptors (Lipinski definition) is 5. The molecule has 2 aromatic rings. The molecule has 0 spiro atoms. The fourth-order valence-corrected chi connectivity index (χ4v) is 3.76. The molecule has 0 saturated heterocycles. The van der Waals surface area contributed by atoms with Crippen LogP contribution in [0.5, 0.6) is 11.5 Å². The van der Waals surface area contributed by atoms with Crippen LogP contribution < -0.4 is 14.2 Å². The molecule has 1 aliphatic rings. The average Bonchev–Trinajstić information content (AvgIpc) is 2.59. The molecule has 0 amide bonds. The van der Waals surface area contributed by atoms with Gasteiger partial charge >= 0.3 is 0 Å². The van der Waals surface area contributed by atoms with Crippen molar-refractivity contribution in [1.29, 1.82) is 0 Å². The minimum absolute atomic E-state index is 0.260.